The number of nitrogens with zero attached hydrogens (tertiary/aromatic N) is 7. The van der Waals surface area contributed by atoms with Crippen LogP contribution in [0.5, 0.6) is 0 Å². The predicted octanol–water partition coefficient (Wildman–Crippen LogP) is 3.58. The Bertz CT molecular complexity index is 1300. The molecule has 3 aromatic heterocycles. The first kappa shape index (κ1) is 28.2. The van der Waals surface area contributed by atoms with Crippen LogP contribution in [0.4, 0.5) is 22.4 Å². The lowest BCUT2D eigenvalue weighted by atomic mass is 9.97. The minimum atomic E-state index is -2.98. The summed E-state index contributed by atoms with van der Waals surface area (Å²) in [6, 6.07) is 1.10. The van der Waals surface area contributed by atoms with E-state index in [9.17, 15) is 27.2 Å². The highest BCUT2D eigenvalue weighted by molar-refractivity contribution is 5.90. The molecule has 5 rings (SSSR count). The molecule has 11 nitrogen and oxygen atoms in total. The Labute approximate surface area is 222 Å². The number of hydrogen-bond acceptors (Lipinski definition) is 6. The van der Waals surface area contributed by atoms with E-state index in [0.717, 1.165) is 11.3 Å². The Hall–Kier alpha value is -3.78. The Morgan fingerprint density at radius 3 is 2.54 bits per heavy atom. The van der Waals surface area contributed by atoms with Gasteiger partial charge < -0.3 is 15.5 Å². The zero-order chi connectivity index (χ0) is 28.2. The third-order valence-electron chi connectivity index (χ3n) is 6.29. The molecule has 0 radical (unpaired) electrons. The first-order chi connectivity index (χ1) is 18.4. The van der Waals surface area contributed by atoms with Crippen LogP contribution < -0.4 is 10.6 Å². The van der Waals surface area contributed by atoms with E-state index < -0.39 is 31.0 Å². The number of aromatic nitrogens is 6. The SMILES string of the molecule is CC(C)n1ncnc1C(=O)NCc1cn2ncc(CN3CC(F)(F)CNC3=O)cc2n1.FC1(F)CCCCC1. The standard InChI is InChI=1S/C18H21F2N9O2.C6H10F2/c1-11(2)29-15(23-10-25-29)16(30)21-5-13-7-28-14(26-13)3-12(4-24-28)6-27-9-18(19,20)8-22-17(27)31;7-6(8)4-2-1-3-5-6/h3-4,7,10-11H,5-6,8-9H2,1-2H3,(H,21,30)(H,22,31);1-5H2. The Kier molecular flexibility index (Phi) is 8.35. The number of hydrogen-bond donors (Lipinski definition) is 2. The second-order valence-corrected chi connectivity index (χ2v) is 9.99. The van der Waals surface area contributed by atoms with Gasteiger partial charge in [-0.25, -0.2) is 41.5 Å². The minimum Gasteiger partial charge on any atom is -0.344 e. The summed E-state index contributed by atoms with van der Waals surface area (Å²) in [6.45, 7) is 2.59. The topological polar surface area (TPSA) is 122 Å². The lowest BCUT2D eigenvalue weighted by Gasteiger charge is -2.32. The number of amides is 3. The zero-order valence-electron chi connectivity index (χ0n) is 21.7. The number of imidazole rings is 1. The minimum absolute atomic E-state index is 0.0111. The molecule has 1 aliphatic heterocycles. The number of nitrogens with one attached hydrogen (secondary N) is 2. The van der Waals surface area contributed by atoms with E-state index in [1.807, 2.05) is 13.8 Å². The van der Waals surface area contributed by atoms with Crippen molar-refractivity contribution < 1.29 is 27.2 Å². The first-order valence-electron chi connectivity index (χ1n) is 12.7. The summed E-state index contributed by atoms with van der Waals surface area (Å²) in [7, 11) is 0. The average Bonchev–Trinajstić information content (AvgIpc) is 3.52. The van der Waals surface area contributed by atoms with Crippen molar-refractivity contribution in [3.05, 3.63) is 41.9 Å². The largest absolute Gasteiger partial charge is 0.344 e. The van der Waals surface area contributed by atoms with Crippen LogP contribution >= 0.6 is 0 Å². The molecule has 4 heterocycles. The van der Waals surface area contributed by atoms with Gasteiger partial charge in [-0.3, -0.25) is 4.79 Å². The molecular weight excluding hydrogens is 522 g/mol. The average molecular weight is 554 g/mol. The fourth-order valence-corrected chi connectivity index (χ4v) is 4.32. The summed E-state index contributed by atoms with van der Waals surface area (Å²) in [5.41, 5.74) is 1.58. The normalized spacial score (nSPS) is 18.4. The fourth-order valence-electron chi connectivity index (χ4n) is 4.32. The van der Waals surface area contributed by atoms with Crippen LogP contribution in [0.1, 0.15) is 73.9 Å². The van der Waals surface area contributed by atoms with Crippen LogP contribution in [0.3, 0.4) is 0 Å². The number of carbonyl (C=O) groups excluding carboxylic acids is 2. The van der Waals surface area contributed by atoms with Gasteiger partial charge in [-0.05, 0) is 38.3 Å². The molecule has 2 fully saturated rings. The van der Waals surface area contributed by atoms with E-state index in [1.54, 1.807) is 12.3 Å². The number of fused-ring (bicyclic) bond motifs is 1. The highest BCUT2D eigenvalue weighted by Crippen LogP contribution is 2.32. The van der Waals surface area contributed by atoms with Crippen molar-refractivity contribution in [1.29, 1.82) is 0 Å². The van der Waals surface area contributed by atoms with Gasteiger partial charge in [0.05, 0.1) is 37.7 Å². The smallest absolute Gasteiger partial charge is 0.318 e. The van der Waals surface area contributed by atoms with Crippen LogP contribution in [0, 0.1) is 0 Å². The van der Waals surface area contributed by atoms with Crippen molar-refractivity contribution in [3.63, 3.8) is 0 Å². The number of carbonyl (C=O) groups is 2. The van der Waals surface area contributed by atoms with Crippen LogP contribution in [-0.2, 0) is 13.1 Å². The van der Waals surface area contributed by atoms with Gasteiger partial charge in [0.2, 0.25) is 11.7 Å². The Morgan fingerprint density at radius 1 is 1.13 bits per heavy atom. The van der Waals surface area contributed by atoms with Crippen molar-refractivity contribution in [1.82, 2.24) is 44.9 Å². The van der Waals surface area contributed by atoms with Gasteiger partial charge in [-0.1, -0.05) is 6.42 Å². The summed E-state index contributed by atoms with van der Waals surface area (Å²) in [6.07, 6.45) is 7.12. The first-order valence-corrected chi connectivity index (χ1v) is 12.7. The third kappa shape index (κ3) is 7.41. The quantitative estimate of drug-likeness (QED) is 0.450. The molecular formula is C24H31F4N9O2. The van der Waals surface area contributed by atoms with Crippen molar-refractivity contribution in [2.75, 3.05) is 13.1 Å². The number of alkyl halides is 4. The van der Waals surface area contributed by atoms with Gasteiger partial charge in [0.15, 0.2) is 5.65 Å². The van der Waals surface area contributed by atoms with Crippen molar-refractivity contribution in [2.24, 2.45) is 0 Å². The van der Waals surface area contributed by atoms with E-state index in [2.05, 4.69) is 30.8 Å². The molecule has 1 saturated carbocycles. The lowest BCUT2D eigenvalue weighted by Crippen LogP contribution is -2.56. The highest BCUT2D eigenvalue weighted by Gasteiger charge is 2.38. The highest BCUT2D eigenvalue weighted by atomic mass is 19.3. The van der Waals surface area contributed by atoms with Crippen molar-refractivity contribution in [2.45, 2.75) is 76.9 Å². The van der Waals surface area contributed by atoms with Crippen molar-refractivity contribution >= 4 is 17.6 Å². The maximum atomic E-state index is 13.6. The molecule has 2 N–H and O–H groups in total. The molecule has 0 aromatic carbocycles. The molecule has 3 amide bonds. The maximum Gasteiger partial charge on any atom is 0.318 e. The molecule has 15 heteroatoms. The molecule has 0 bridgehead atoms. The molecule has 1 aliphatic carbocycles. The summed E-state index contributed by atoms with van der Waals surface area (Å²) >= 11 is 0. The molecule has 3 aromatic rings. The van der Waals surface area contributed by atoms with Crippen LogP contribution in [-0.4, -0.2) is 71.1 Å². The second-order valence-electron chi connectivity index (χ2n) is 9.99. The zero-order valence-corrected chi connectivity index (χ0v) is 21.7. The summed E-state index contributed by atoms with van der Waals surface area (Å²) in [5, 5.41) is 13.2. The predicted molar refractivity (Wildman–Crippen MR) is 131 cm³/mol. The molecule has 0 atom stereocenters. The molecule has 0 unspecified atom stereocenters. The van der Waals surface area contributed by atoms with Gasteiger partial charge in [0.25, 0.3) is 11.8 Å². The number of rotatable bonds is 6. The molecule has 1 saturated heterocycles. The van der Waals surface area contributed by atoms with Gasteiger partial charge in [0.1, 0.15) is 6.33 Å². The van der Waals surface area contributed by atoms with Gasteiger partial charge in [0, 0.05) is 25.4 Å². The van der Waals surface area contributed by atoms with E-state index in [1.165, 1.54) is 21.7 Å². The van der Waals surface area contributed by atoms with E-state index in [-0.39, 0.29) is 43.7 Å². The number of urea groups is 1. The molecule has 212 valence electrons. The Morgan fingerprint density at radius 2 is 1.87 bits per heavy atom. The summed E-state index contributed by atoms with van der Waals surface area (Å²) in [5.74, 6) is -5.48. The van der Waals surface area contributed by atoms with Gasteiger partial charge in [-0.15, -0.1) is 0 Å². The summed E-state index contributed by atoms with van der Waals surface area (Å²) in [4.78, 5) is 33.7. The monoisotopic (exact) mass is 553 g/mol. The van der Waals surface area contributed by atoms with E-state index in [4.69, 9.17) is 0 Å². The number of halogens is 4. The van der Waals surface area contributed by atoms with Crippen molar-refractivity contribution in [3.8, 4) is 0 Å². The molecule has 39 heavy (non-hydrogen) atoms. The lowest BCUT2D eigenvalue weighted by molar-refractivity contribution is -0.0368. The van der Waals surface area contributed by atoms with Gasteiger partial charge in [-0.2, -0.15) is 10.2 Å². The van der Waals surface area contributed by atoms with E-state index >= 15 is 0 Å². The Balaban J connectivity index is 0.000000379. The maximum absolute atomic E-state index is 13.6. The van der Waals surface area contributed by atoms with Crippen LogP contribution in [0.25, 0.3) is 5.65 Å². The van der Waals surface area contributed by atoms with Crippen LogP contribution in [0.2, 0.25) is 0 Å². The fraction of sp³-hybridized carbons (Fsp3) is 0.583. The summed E-state index contributed by atoms with van der Waals surface area (Å²) < 4.78 is 54.6. The molecule has 0 spiro atoms. The third-order valence-corrected chi connectivity index (χ3v) is 6.29. The van der Waals surface area contributed by atoms with Crippen LogP contribution in [0.15, 0.2) is 24.8 Å². The van der Waals surface area contributed by atoms with Gasteiger partial charge >= 0.3 is 6.03 Å². The second kappa shape index (κ2) is 11.5. The molecule has 2 aliphatic rings. The van der Waals surface area contributed by atoms with E-state index in [0.29, 0.717) is 29.7 Å².